The molecule has 31 heavy (non-hydrogen) atoms. The minimum absolute atomic E-state index is 0.00528. The highest BCUT2D eigenvalue weighted by Gasteiger charge is 2.53. The molecule has 0 spiro atoms. The molecule has 0 radical (unpaired) electrons. The number of rotatable bonds is 0. The van der Waals surface area contributed by atoms with Gasteiger partial charge in [-0.25, -0.2) is 0 Å². The molecule has 0 aliphatic heterocycles. The van der Waals surface area contributed by atoms with Crippen molar-refractivity contribution in [1.82, 2.24) is 0 Å². The Kier molecular flexibility index (Phi) is 4.35. The highest BCUT2D eigenvalue weighted by molar-refractivity contribution is 6.33. The van der Waals surface area contributed by atoms with Crippen LogP contribution in [0.15, 0.2) is 48.5 Å². The first-order valence-corrected chi connectivity index (χ1v) is 11.9. The van der Waals surface area contributed by atoms with Gasteiger partial charge in [-0.3, -0.25) is 0 Å². The topological polar surface area (TPSA) is 0 Å². The number of hydrogen-bond acceptors (Lipinski definition) is 0. The van der Waals surface area contributed by atoms with Crippen LogP contribution in [0.1, 0.15) is 98.9 Å². The molecule has 0 heterocycles. The lowest BCUT2D eigenvalue weighted by atomic mass is 9.51. The van der Waals surface area contributed by atoms with Crippen LogP contribution in [0, 0.1) is 0 Å². The number of hydrogen-bond donors (Lipinski definition) is 0. The smallest absolute Gasteiger partial charge is 0.0464 e. The Balaban J connectivity index is 2.01. The van der Waals surface area contributed by atoms with Gasteiger partial charge in [0.1, 0.15) is 0 Å². The summed E-state index contributed by atoms with van der Waals surface area (Å²) in [6.07, 6.45) is 0. The Labute approximate surface area is 196 Å². The normalized spacial score (nSPS) is 21.5. The first-order valence-electron chi connectivity index (χ1n) is 11.1. The van der Waals surface area contributed by atoms with Crippen LogP contribution in [0.3, 0.4) is 0 Å². The second kappa shape index (κ2) is 6.40. The molecule has 0 atom stereocenters. The summed E-state index contributed by atoms with van der Waals surface area (Å²) >= 11 is 13.9. The third-order valence-corrected chi connectivity index (χ3v) is 8.00. The molecule has 0 nitrogen and oxygen atoms in total. The maximum Gasteiger partial charge on any atom is 0.0464 e. The Morgan fingerprint density at radius 3 is 1.65 bits per heavy atom. The van der Waals surface area contributed by atoms with Gasteiger partial charge in [-0.1, -0.05) is 101 Å². The average molecular weight is 449 g/mol. The van der Waals surface area contributed by atoms with Crippen LogP contribution in [0.4, 0.5) is 0 Å². The van der Waals surface area contributed by atoms with Crippen molar-refractivity contribution in [2.45, 2.75) is 70.6 Å². The molecule has 6 rings (SSSR count). The summed E-state index contributed by atoms with van der Waals surface area (Å²) in [7, 11) is 0. The van der Waals surface area contributed by atoms with Crippen LogP contribution in [-0.4, -0.2) is 0 Å². The van der Waals surface area contributed by atoms with Gasteiger partial charge in [0.2, 0.25) is 0 Å². The van der Waals surface area contributed by atoms with Crippen LogP contribution in [0.5, 0.6) is 0 Å². The van der Waals surface area contributed by atoms with E-state index in [1.165, 1.54) is 44.5 Å². The summed E-state index contributed by atoms with van der Waals surface area (Å²) < 4.78 is 0. The van der Waals surface area contributed by atoms with E-state index in [4.69, 9.17) is 23.2 Å². The van der Waals surface area contributed by atoms with E-state index in [1.807, 2.05) is 12.1 Å². The molecule has 2 heteroatoms. The fourth-order valence-corrected chi connectivity index (χ4v) is 6.71. The molecule has 2 bridgehead atoms. The first kappa shape index (κ1) is 21.1. The Hall–Kier alpha value is -1.76. The van der Waals surface area contributed by atoms with E-state index in [1.54, 1.807) is 0 Å². The van der Waals surface area contributed by atoms with Crippen molar-refractivity contribution >= 4 is 23.2 Å². The van der Waals surface area contributed by atoms with Crippen LogP contribution in [-0.2, 0) is 16.2 Å². The molecule has 0 N–H and O–H groups in total. The van der Waals surface area contributed by atoms with Crippen molar-refractivity contribution in [2.75, 3.05) is 0 Å². The van der Waals surface area contributed by atoms with Crippen molar-refractivity contribution in [2.24, 2.45) is 0 Å². The summed E-state index contributed by atoms with van der Waals surface area (Å²) in [6, 6.07) is 17.7. The molecule has 3 aliphatic carbocycles. The van der Waals surface area contributed by atoms with Gasteiger partial charge in [0.25, 0.3) is 0 Å². The van der Waals surface area contributed by atoms with Gasteiger partial charge in [-0.15, -0.1) is 0 Å². The number of benzene rings is 3. The average Bonchev–Trinajstić information content (AvgIpc) is 2.65. The van der Waals surface area contributed by atoms with Crippen LogP contribution in [0.25, 0.3) is 0 Å². The van der Waals surface area contributed by atoms with Crippen molar-refractivity contribution < 1.29 is 0 Å². The van der Waals surface area contributed by atoms with Gasteiger partial charge in [0.15, 0.2) is 0 Å². The van der Waals surface area contributed by atoms with E-state index in [-0.39, 0.29) is 22.2 Å². The second-order valence-electron chi connectivity index (χ2n) is 11.5. The van der Waals surface area contributed by atoms with Gasteiger partial charge >= 0.3 is 0 Å². The predicted octanol–water partition coefficient (Wildman–Crippen LogP) is 8.75. The minimum Gasteiger partial charge on any atom is -0.0840 e. The van der Waals surface area contributed by atoms with Crippen molar-refractivity contribution in [1.29, 1.82) is 0 Å². The maximum absolute atomic E-state index is 6.94. The van der Waals surface area contributed by atoms with E-state index in [0.717, 1.165) is 10.0 Å². The quantitative estimate of drug-likeness (QED) is 0.322. The van der Waals surface area contributed by atoms with E-state index in [9.17, 15) is 0 Å². The molecule has 160 valence electrons. The second-order valence-corrected chi connectivity index (χ2v) is 12.3. The minimum atomic E-state index is -0.384. The predicted molar refractivity (Wildman–Crippen MR) is 133 cm³/mol. The van der Waals surface area contributed by atoms with E-state index < -0.39 is 0 Å². The van der Waals surface area contributed by atoms with Crippen molar-refractivity contribution in [3.63, 3.8) is 0 Å². The monoisotopic (exact) mass is 448 g/mol. The molecular weight excluding hydrogens is 419 g/mol. The highest BCUT2D eigenvalue weighted by atomic mass is 35.5. The molecule has 3 aromatic rings. The molecule has 0 fully saturated rings. The van der Waals surface area contributed by atoms with E-state index in [0.29, 0.717) is 0 Å². The first-order chi connectivity index (χ1) is 14.4. The SMILES string of the molecule is CC(C)(C)c1cc2c(c(C(C)(C)C)c1)C1(C)c3c(Cl)cccc3C2c2cccc(Cl)c21. The molecular formula is C29H30Cl2. The summed E-state index contributed by atoms with van der Waals surface area (Å²) in [5, 5.41) is 1.67. The van der Waals surface area contributed by atoms with Gasteiger partial charge in [0, 0.05) is 21.4 Å². The van der Waals surface area contributed by atoms with Crippen LogP contribution < -0.4 is 0 Å². The lowest BCUT2D eigenvalue weighted by Crippen LogP contribution is -2.43. The summed E-state index contributed by atoms with van der Waals surface area (Å²) in [4.78, 5) is 0. The van der Waals surface area contributed by atoms with Crippen molar-refractivity contribution in [3.8, 4) is 0 Å². The zero-order chi connectivity index (χ0) is 22.5. The lowest BCUT2D eigenvalue weighted by molar-refractivity contribution is 0.521. The fraction of sp³-hybridized carbons (Fsp3) is 0.379. The molecule has 0 amide bonds. The molecule has 3 aliphatic rings. The van der Waals surface area contributed by atoms with Gasteiger partial charge < -0.3 is 0 Å². The number of halogens is 2. The lowest BCUT2D eigenvalue weighted by Gasteiger charge is -2.52. The summed E-state index contributed by atoms with van der Waals surface area (Å²) in [5.74, 6) is 0.155. The molecule has 0 aromatic heterocycles. The summed E-state index contributed by atoms with van der Waals surface area (Å²) in [5.41, 5.74) is 10.4. The zero-order valence-corrected chi connectivity index (χ0v) is 21.0. The third-order valence-electron chi connectivity index (χ3n) is 7.37. The maximum atomic E-state index is 6.94. The van der Waals surface area contributed by atoms with E-state index in [2.05, 4.69) is 84.9 Å². The Bertz CT molecular complexity index is 1180. The standard InChI is InChI=1S/C29H30Cl2/c1-27(2,3)16-14-19-23-17-10-8-12-21(30)25(17)29(7,24(19)20(15-16)28(4,5)6)26-18(23)11-9-13-22(26)31/h8-15,23H,1-7H3. The van der Waals surface area contributed by atoms with Gasteiger partial charge in [-0.2, -0.15) is 0 Å². The zero-order valence-electron chi connectivity index (χ0n) is 19.5. The van der Waals surface area contributed by atoms with E-state index >= 15 is 0 Å². The van der Waals surface area contributed by atoms with Gasteiger partial charge in [-0.05, 0) is 74.4 Å². The van der Waals surface area contributed by atoms with Crippen LogP contribution >= 0.6 is 23.2 Å². The highest BCUT2D eigenvalue weighted by Crippen LogP contribution is 2.63. The third kappa shape index (κ3) is 2.74. The fourth-order valence-electron chi connectivity index (χ4n) is 5.97. The van der Waals surface area contributed by atoms with Crippen LogP contribution in [0.2, 0.25) is 10.0 Å². The molecule has 0 saturated heterocycles. The molecule has 0 saturated carbocycles. The van der Waals surface area contributed by atoms with Crippen molar-refractivity contribution in [3.05, 3.63) is 103 Å². The Morgan fingerprint density at radius 1 is 0.677 bits per heavy atom. The largest absolute Gasteiger partial charge is 0.0840 e. The Morgan fingerprint density at radius 2 is 1.19 bits per heavy atom. The van der Waals surface area contributed by atoms with Gasteiger partial charge in [0.05, 0.1) is 0 Å². The molecule has 3 aromatic carbocycles. The summed E-state index contributed by atoms with van der Waals surface area (Å²) in [6.45, 7) is 16.2. The molecule has 0 unspecified atom stereocenters.